The van der Waals surface area contributed by atoms with Gasteiger partial charge in [0.05, 0.1) is 6.67 Å². The van der Waals surface area contributed by atoms with E-state index in [-0.39, 0.29) is 24.4 Å². The molecular formula is C21H22ClFN4O2. The molecule has 4 rings (SSSR count). The van der Waals surface area contributed by atoms with Crippen molar-refractivity contribution in [3.05, 3.63) is 59.4 Å². The van der Waals surface area contributed by atoms with Gasteiger partial charge in [0.2, 0.25) is 0 Å². The molecule has 1 atom stereocenters. The summed E-state index contributed by atoms with van der Waals surface area (Å²) < 4.78 is 13.1. The number of halogens is 2. The molecule has 0 unspecified atom stereocenters. The fourth-order valence-corrected chi connectivity index (χ4v) is 3.92. The zero-order valence-electron chi connectivity index (χ0n) is 16.1. The molecule has 2 aliphatic heterocycles. The minimum absolute atomic E-state index is 0.203. The van der Waals surface area contributed by atoms with Crippen molar-refractivity contribution in [1.29, 1.82) is 0 Å². The van der Waals surface area contributed by atoms with E-state index in [1.807, 2.05) is 0 Å². The Bertz CT molecular complexity index is 898. The molecular weight excluding hydrogens is 395 g/mol. The molecule has 2 heterocycles. The Hall–Kier alpha value is -2.64. The van der Waals surface area contributed by atoms with Crippen LogP contribution in [0, 0.1) is 5.82 Å². The Morgan fingerprint density at radius 1 is 0.931 bits per heavy atom. The third kappa shape index (κ3) is 3.93. The highest BCUT2D eigenvalue weighted by molar-refractivity contribution is 6.30. The van der Waals surface area contributed by atoms with Crippen LogP contribution in [-0.2, 0) is 4.79 Å². The minimum atomic E-state index is -0.552. The van der Waals surface area contributed by atoms with Gasteiger partial charge in [-0.2, -0.15) is 0 Å². The Morgan fingerprint density at radius 2 is 1.52 bits per heavy atom. The fourth-order valence-electron chi connectivity index (χ4n) is 3.79. The van der Waals surface area contributed by atoms with Crippen LogP contribution in [-0.4, -0.2) is 60.6 Å². The van der Waals surface area contributed by atoms with Crippen LogP contribution >= 0.6 is 11.6 Å². The van der Waals surface area contributed by atoms with Crippen molar-refractivity contribution in [1.82, 2.24) is 9.80 Å². The van der Waals surface area contributed by atoms with E-state index in [1.54, 1.807) is 43.3 Å². The first-order valence-corrected chi connectivity index (χ1v) is 9.95. The lowest BCUT2D eigenvalue weighted by Gasteiger charge is -2.37. The Kier molecular flexibility index (Phi) is 5.43. The summed E-state index contributed by atoms with van der Waals surface area (Å²) in [6.07, 6.45) is 0. The summed E-state index contributed by atoms with van der Waals surface area (Å²) in [5.41, 5.74) is 1.63. The smallest absolute Gasteiger partial charge is 0.333 e. The van der Waals surface area contributed by atoms with Gasteiger partial charge in [-0.1, -0.05) is 11.6 Å². The molecule has 0 spiro atoms. The van der Waals surface area contributed by atoms with E-state index in [2.05, 4.69) is 9.80 Å². The third-order valence-electron chi connectivity index (χ3n) is 5.46. The zero-order chi connectivity index (χ0) is 20.5. The van der Waals surface area contributed by atoms with Gasteiger partial charge in [-0.05, 0) is 55.5 Å². The highest BCUT2D eigenvalue weighted by atomic mass is 35.5. The summed E-state index contributed by atoms with van der Waals surface area (Å²) >= 11 is 5.93. The topological polar surface area (TPSA) is 47.1 Å². The summed E-state index contributed by atoms with van der Waals surface area (Å²) in [4.78, 5) is 32.7. The lowest BCUT2D eigenvalue weighted by molar-refractivity contribution is -0.128. The second-order valence-corrected chi connectivity index (χ2v) is 7.73. The molecule has 0 radical (unpaired) electrons. The van der Waals surface area contributed by atoms with E-state index in [1.165, 1.54) is 21.9 Å². The lowest BCUT2D eigenvalue weighted by Crippen LogP contribution is -2.51. The SMILES string of the molecule is C[C@@H]1C(=O)N(CN2CCN(c3ccc(F)cc3)CC2)C(=O)N1c1ccc(Cl)cc1. The highest BCUT2D eigenvalue weighted by Crippen LogP contribution is 2.27. The number of amides is 3. The van der Waals surface area contributed by atoms with Crippen molar-refractivity contribution in [3.63, 3.8) is 0 Å². The van der Waals surface area contributed by atoms with Crippen molar-refractivity contribution in [2.24, 2.45) is 0 Å². The second kappa shape index (κ2) is 8.00. The number of urea groups is 1. The predicted molar refractivity (Wildman–Crippen MR) is 111 cm³/mol. The molecule has 0 aliphatic carbocycles. The van der Waals surface area contributed by atoms with E-state index >= 15 is 0 Å². The van der Waals surface area contributed by atoms with Crippen LogP contribution in [0.1, 0.15) is 6.92 Å². The van der Waals surface area contributed by atoms with Gasteiger partial charge in [-0.3, -0.25) is 14.6 Å². The quantitative estimate of drug-likeness (QED) is 0.716. The van der Waals surface area contributed by atoms with Gasteiger partial charge in [-0.25, -0.2) is 14.1 Å². The van der Waals surface area contributed by atoms with E-state index in [4.69, 9.17) is 11.6 Å². The largest absolute Gasteiger partial charge is 0.369 e. The van der Waals surface area contributed by atoms with Crippen LogP contribution in [0.2, 0.25) is 5.02 Å². The van der Waals surface area contributed by atoms with Crippen LogP contribution in [0.5, 0.6) is 0 Å². The number of carbonyl (C=O) groups excluding carboxylic acids is 2. The first kappa shape index (κ1) is 19.7. The molecule has 2 fully saturated rings. The minimum Gasteiger partial charge on any atom is -0.369 e. The van der Waals surface area contributed by atoms with Crippen LogP contribution in [0.4, 0.5) is 20.6 Å². The van der Waals surface area contributed by atoms with Gasteiger partial charge in [0.1, 0.15) is 11.9 Å². The first-order valence-electron chi connectivity index (χ1n) is 9.57. The van der Waals surface area contributed by atoms with Crippen LogP contribution in [0.3, 0.4) is 0 Å². The number of hydrogen-bond acceptors (Lipinski definition) is 4. The van der Waals surface area contributed by atoms with E-state index < -0.39 is 6.04 Å². The zero-order valence-corrected chi connectivity index (χ0v) is 16.8. The van der Waals surface area contributed by atoms with Gasteiger partial charge in [0.25, 0.3) is 5.91 Å². The number of anilines is 2. The maximum absolute atomic E-state index is 13.1. The molecule has 2 saturated heterocycles. The normalized spacial score (nSPS) is 20.7. The number of carbonyl (C=O) groups is 2. The van der Waals surface area contributed by atoms with E-state index in [9.17, 15) is 14.0 Å². The molecule has 29 heavy (non-hydrogen) atoms. The lowest BCUT2D eigenvalue weighted by atomic mass is 10.2. The number of nitrogens with zero attached hydrogens (tertiary/aromatic N) is 4. The summed E-state index contributed by atoms with van der Waals surface area (Å²) in [6.45, 7) is 4.93. The number of benzene rings is 2. The summed E-state index contributed by atoms with van der Waals surface area (Å²) in [6, 6.07) is 12.5. The monoisotopic (exact) mass is 416 g/mol. The maximum atomic E-state index is 13.1. The Labute approximate surface area is 174 Å². The first-order chi connectivity index (χ1) is 13.9. The fraction of sp³-hybridized carbons (Fsp3) is 0.333. The number of piperazine rings is 1. The van der Waals surface area contributed by atoms with Crippen molar-refractivity contribution in [3.8, 4) is 0 Å². The summed E-state index contributed by atoms with van der Waals surface area (Å²) in [5, 5.41) is 0.579. The molecule has 2 aromatic rings. The van der Waals surface area contributed by atoms with Gasteiger partial charge >= 0.3 is 6.03 Å². The molecule has 152 valence electrons. The number of imide groups is 1. The second-order valence-electron chi connectivity index (χ2n) is 7.29. The van der Waals surface area contributed by atoms with Crippen molar-refractivity contribution in [2.45, 2.75) is 13.0 Å². The summed E-state index contributed by atoms with van der Waals surface area (Å²) in [5.74, 6) is -0.455. The standard InChI is InChI=1S/C21H22ClFN4O2/c1-15-20(28)26(21(29)27(15)19-6-2-16(22)3-7-19)14-24-10-12-25(13-11-24)18-8-4-17(23)5-9-18/h2-9,15H,10-14H2,1H3/t15-/m1/s1. The highest BCUT2D eigenvalue weighted by Gasteiger charge is 2.44. The molecule has 0 N–H and O–H groups in total. The molecule has 0 aromatic heterocycles. The molecule has 0 bridgehead atoms. The van der Waals surface area contributed by atoms with Crippen LogP contribution in [0.25, 0.3) is 0 Å². The van der Waals surface area contributed by atoms with Gasteiger partial charge in [0, 0.05) is 42.6 Å². The van der Waals surface area contributed by atoms with Gasteiger partial charge in [0.15, 0.2) is 0 Å². The molecule has 8 heteroatoms. The molecule has 6 nitrogen and oxygen atoms in total. The van der Waals surface area contributed by atoms with E-state index in [0.29, 0.717) is 23.8 Å². The molecule has 2 aliphatic rings. The Morgan fingerprint density at radius 3 is 2.14 bits per heavy atom. The van der Waals surface area contributed by atoms with E-state index in [0.717, 1.165) is 18.8 Å². The number of hydrogen-bond donors (Lipinski definition) is 0. The molecule has 0 saturated carbocycles. The summed E-state index contributed by atoms with van der Waals surface area (Å²) in [7, 11) is 0. The van der Waals surface area contributed by atoms with Crippen molar-refractivity contribution < 1.29 is 14.0 Å². The average molecular weight is 417 g/mol. The Balaban J connectivity index is 1.39. The predicted octanol–water partition coefficient (Wildman–Crippen LogP) is 3.42. The van der Waals surface area contributed by atoms with Gasteiger partial charge < -0.3 is 4.90 Å². The van der Waals surface area contributed by atoms with Crippen LogP contribution < -0.4 is 9.80 Å². The molecule has 2 aromatic carbocycles. The van der Waals surface area contributed by atoms with Crippen molar-refractivity contribution in [2.75, 3.05) is 42.6 Å². The van der Waals surface area contributed by atoms with Crippen LogP contribution in [0.15, 0.2) is 48.5 Å². The average Bonchev–Trinajstić information content (AvgIpc) is 2.93. The van der Waals surface area contributed by atoms with Gasteiger partial charge in [-0.15, -0.1) is 0 Å². The van der Waals surface area contributed by atoms with Crippen molar-refractivity contribution >= 4 is 34.9 Å². The molecule has 3 amide bonds. The maximum Gasteiger partial charge on any atom is 0.333 e. The number of rotatable bonds is 4. The third-order valence-corrected chi connectivity index (χ3v) is 5.71.